The van der Waals surface area contributed by atoms with Crippen molar-refractivity contribution in [1.82, 2.24) is 4.90 Å². The Kier molecular flexibility index (Phi) is 7.67. The minimum atomic E-state index is -0.895. The molecule has 1 fully saturated rings. The minimum Gasteiger partial charge on any atom is -0.508 e. The molecule has 3 rings (SSSR count). The summed E-state index contributed by atoms with van der Waals surface area (Å²) in [7, 11) is 4.18. The van der Waals surface area contributed by atoms with Gasteiger partial charge in [0.25, 0.3) is 0 Å². The number of rotatable bonds is 5. The lowest BCUT2D eigenvalue weighted by atomic mass is 9.73. The highest BCUT2D eigenvalue weighted by Gasteiger charge is 2.29. The molecule has 28 heavy (non-hydrogen) atoms. The van der Waals surface area contributed by atoms with E-state index in [0.717, 1.165) is 36.9 Å². The molecular weight excluding hydrogens is 374 g/mol. The van der Waals surface area contributed by atoms with Crippen LogP contribution in [0.4, 0.5) is 0 Å². The maximum Gasteiger partial charge on any atom is 0.336 e. The Morgan fingerprint density at radius 2 is 1.93 bits per heavy atom. The first kappa shape index (κ1) is 22.0. The van der Waals surface area contributed by atoms with E-state index in [-0.39, 0.29) is 12.4 Å². The van der Waals surface area contributed by atoms with Crippen molar-refractivity contribution in [3.8, 4) is 5.75 Å². The number of nitrogens with zero attached hydrogens (tertiary/aromatic N) is 1. The van der Waals surface area contributed by atoms with E-state index in [1.54, 1.807) is 18.2 Å². The smallest absolute Gasteiger partial charge is 0.336 e. The van der Waals surface area contributed by atoms with Crippen molar-refractivity contribution in [2.45, 2.75) is 25.2 Å². The van der Waals surface area contributed by atoms with Crippen LogP contribution in [0.5, 0.6) is 5.75 Å². The van der Waals surface area contributed by atoms with E-state index in [4.69, 9.17) is 0 Å². The van der Waals surface area contributed by atoms with Crippen LogP contribution in [0.1, 0.15) is 46.7 Å². The number of phenolic OH excluding ortho intramolecular Hbond substituents is 1. The molecule has 0 bridgehead atoms. The van der Waals surface area contributed by atoms with Crippen molar-refractivity contribution in [1.29, 1.82) is 0 Å². The Labute approximate surface area is 172 Å². The highest BCUT2D eigenvalue weighted by molar-refractivity contribution is 5.92. The average molecular weight is 402 g/mol. The summed E-state index contributed by atoms with van der Waals surface area (Å²) in [6.07, 6.45) is 4.96. The van der Waals surface area contributed by atoms with Crippen molar-refractivity contribution in [3.63, 3.8) is 0 Å². The average Bonchev–Trinajstić information content (AvgIpc) is 2.63. The molecule has 2 aromatic carbocycles. The van der Waals surface area contributed by atoms with Gasteiger partial charge in [-0.1, -0.05) is 42.0 Å². The zero-order valence-electron chi connectivity index (χ0n) is 16.3. The zero-order chi connectivity index (χ0) is 19.4. The van der Waals surface area contributed by atoms with Crippen LogP contribution in [-0.2, 0) is 0 Å². The van der Waals surface area contributed by atoms with Gasteiger partial charge in [-0.2, -0.15) is 0 Å². The largest absolute Gasteiger partial charge is 0.508 e. The molecule has 150 valence electrons. The van der Waals surface area contributed by atoms with Gasteiger partial charge in [0.05, 0.1) is 5.56 Å². The fourth-order valence-corrected chi connectivity index (χ4v) is 4.12. The number of phenols is 1. The van der Waals surface area contributed by atoms with Gasteiger partial charge in [0.15, 0.2) is 0 Å². The molecular formula is C23H28ClNO3. The molecule has 5 heteroatoms. The molecule has 0 saturated heterocycles. The molecule has 1 saturated carbocycles. The maximum absolute atomic E-state index is 11.5. The van der Waals surface area contributed by atoms with Crippen LogP contribution in [0.15, 0.2) is 54.1 Å². The quantitative estimate of drug-likeness (QED) is 0.736. The van der Waals surface area contributed by atoms with Crippen LogP contribution in [-0.4, -0.2) is 41.7 Å². The third kappa shape index (κ3) is 5.37. The van der Waals surface area contributed by atoms with Gasteiger partial charge in [-0.25, -0.2) is 4.79 Å². The first-order chi connectivity index (χ1) is 12.9. The Hall–Kier alpha value is -2.30. The van der Waals surface area contributed by atoms with E-state index in [1.807, 2.05) is 30.3 Å². The van der Waals surface area contributed by atoms with Crippen molar-refractivity contribution < 1.29 is 15.0 Å². The highest BCUT2D eigenvalue weighted by Crippen LogP contribution is 2.42. The summed E-state index contributed by atoms with van der Waals surface area (Å²) in [4.78, 5) is 13.7. The van der Waals surface area contributed by atoms with Gasteiger partial charge in [-0.15, -0.1) is 12.4 Å². The van der Waals surface area contributed by atoms with E-state index < -0.39 is 5.97 Å². The first-order valence-corrected chi connectivity index (χ1v) is 9.39. The van der Waals surface area contributed by atoms with E-state index in [9.17, 15) is 15.0 Å². The number of aromatic hydroxyl groups is 1. The molecule has 2 N–H and O–H groups in total. The lowest BCUT2D eigenvalue weighted by Gasteiger charge is -2.35. The van der Waals surface area contributed by atoms with Gasteiger partial charge in [-0.3, -0.25) is 0 Å². The normalized spacial score (nSPS) is 20.8. The number of aromatic carboxylic acids is 1. The van der Waals surface area contributed by atoms with Crippen LogP contribution in [0.25, 0.3) is 6.08 Å². The highest BCUT2D eigenvalue weighted by atomic mass is 35.5. The number of hydrogen-bond donors (Lipinski definition) is 2. The van der Waals surface area contributed by atoms with E-state index >= 15 is 0 Å². The van der Waals surface area contributed by atoms with Crippen LogP contribution >= 0.6 is 12.4 Å². The fourth-order valence-electron chi connectivity index (χ4n) is 4.12. The lowest BCUT2D eigenvalue weighted by Crippen LogP contribution is -2.29. The summed E-state index contributed by atoms with van der Waals surface area (Å²) in [5.41, 5.74) is 3.53. The lowest BCUT2D eigenvalue weighted by molar-refractivity contribution is 0.0696. The van der Waals surface area contributed by atoms with Crippen molar-refractivity contribution in [2.75, 3.05) is 20.6 Å². The van der Waals surface area contributed by atoms with Gasteiger partial charge >= 0.3 is 5.97 Å². The molecule has 4 nitrogen and oxygen atoms in total. The minimum absolute atomic E-state index is 0. The number of carboxylic acids is 1. The summed E-state index contributed by atoms with van der Waals surface area (Å²) in [5, 5.41) is 19.4. The van der Waals surface area contributed by atoms with Crippen LogP contribution in [0.3, 0.4) is 0 Å². The third-order valence-electron chi connectivity index (χ3n) is 5.34. The van der Waals surface area contributed by atoms with Gasteiger partial charge in [-0.05, 0) is 74.5 Å². The molecule has 2 aromatic rings. The van der Waals surface area contributed by atoms with E-state index in [0.29, 0.717) is 23.1 Å². The molecule has 0 aromatic heterocycles. The zero-order valence-corrected chi connectivity index (χ0v) is 17.2. The van der Waals surface area contributed by atoms with E-state index in [1.165, 1.54) is 5.57 Å². The third-order valence-corrected chi connectivity index (χ3v) is 5.34. The molecule has 1 aliphatic carbocycles. The summed E-state index contributed by atoms with van der Waals surface area (Å²) in [6.45, 7) is 0.999. The predicted octanol–water partition coefficient (Wildman–Crippen LogP) is 5.04. The Balaban J connectivity index is 0.00000280. The van der Waals surface area contributed by atoms with Crippen molar-refractivity contribution >= 4 is 24.5 Å². The Morgan fingerprint density at radius 1 is 1.18 bits per heavy atom. The maximum atomic E-state index is 11.5. The van der Waals surface area contributed by atoms with Crippen molar-refractivity contribution in [3.05, 3.63) is 70.8 Å². The SMILES string of the molecule is CN(C)C[C@@H]1CC/C(=C\c2ccccc2C(=O)O)C[C@H]1c1cccc(O)c1.Cl. The predicted molar refractivity (Wildman–Crippen MR) is 115 cm³/mol. The van der Waals surface area contributed by atoms with Gasteiger partial charge in [0, 0.05) is 6.54 Å². The summed E-state index contributed by atoms with van der Waals surface area (Å²) < 4.78 is 0. The molecule has 0 heterocycles. The van der Waals surface area contributed by atoms with Gasteiger partial charge in [0.1, 0.15) is 5.75 Å². The summed E-state index contributed by atoms with van der Waals surface area (Å²) in [6, 6.07) is 14.7. The van der Waals surface area contributed by atoms with Gasteiger partial charge in [0.2, 0.25) is 0 Å². The number of halogens is 1. The molecule has 0 amide bonds. The number of carbonyl (C=O) groups is 1. The molecule has 0 aliphatic heterocycles. The van der Waals surface area contributed by atoms with Gasteiger partial charge < -0.3 is 15.1 Å². The molecule has 2 atom stereocenters. The summed E-state index contributed by atoms with van der Waals surface area (Å²) in [5.74, 6) is 0.224. The second kappa shape index (κ2) is 9.76. The van der Waals surface area contributed by atoms with E-state index in [2.05, 4.69) is 25.1 Å². The molecule has 0 radical (unpaired) electrons. The Bertz CT molecular complexity index is 847. The number of hydrogen-bond acceptors (Lipinski definition) is 3. The second-order valence-corrected chi connectivity index (χ2v) is 7.66. The number of benzene rings is 2. The topological polar surface area (TPSA) is 60.8 Å². The van der Waals surface area contributed by atoms with Crippen LogP contribution in [0, 0.1) is 5.92 Å². The monoisotopic (exact) mass is 401 g/mol. The van der Waals surface area contributed by atoms with Crippen LogP contribution < -0.4 is 0 Å². The fraction of sp³-hybridized carbons (Fsp3) is 0.348. The summed E-state index contributed by atoms with van der Waals surface area (Å²) >= 11 is 0. The molecule has 0 unspecified atom stereocenters. The Morgan fingerprint density at radius 3 is 2.61 bits per heavy atom. The molecule has 0 spiro atoms. The number of carboxylic acid groups (broad SMARTS) is 1. The second-order valence-electron chi connectivity index (χ2n) is 7.66. The van der Waals surface area contributed by atoms with Crippen molar-refractivity contribution in [2.24, 2.45) is 5.92 Å². The first-order valence-electron chi connectivity index (χ1n) is 9.39. The molecule has 1 aliphatic rings. The standard InChI is InChI=1S/C23H27NO3.ClH/c1-24(2)15-19-11-10-16(12-17-6-3-4-9-21(17)23(26)27)13-22(19)18-7-5-8-20(25)14-18;/h3-9,12,14,19,22,25H,10-11,13,15H2,1-2H3,(H,26,27);1H/b16-12+;/t19-,22-;/m0./s1. The van der Waals surface area contributed by atoms with Crippen LogP contribution in [0.2, 0.25) is 0 Å². The number of allylic oxidation sites excluding steroid dienone is 1.